The van der Waals surface area contributed by atoms with Crippen LogP contribution in [0, 0.1) is 23.1 Å². The molecule has 1 aliphatic heterocycles. The second-order valence-electron chi connectivity index (χ2n) is 9.21. The van der Waals surface area contributed by atoms with Crippen molar-refractivity contribution in [3.8, 4) is 17.3 Å². The van der Waals surface area contributed by atoms with Crippen LogP contribution in [-0.2, 0) is 0 Å². The molecule has 3 rings (SSSR count). The molecule has 0 spiro atoms. The van der Waals surface area contributed by atoms with Gasteiger partial charge in [-0.05, 0) is 45.2 Å². The average molecular weight is 441 g/mol. The lowest BCUT2D eigenvalue weighted by Crippen LogP contribution is -2.58. The van der Waals surface area contributed by atoms with Crippen LogP contribution in [0.1, 0.15) is 39.7 Å². The summed E-state index contributed by atoms with van der Waals surface area (Å²) >= 11 is 0. The van der Waals surface area contributed by atoms with Crippen LogP contribution in [0.25, 0.3) is 11.3 Å². The molecule has 9 heteroatoms. The minimum Gasteiger partial charge on any atom is -0.465 e. The van der Waals surface area contributed by atoms with Crippen molar-refractivity contribution in [2.45, 2.75) is 45.7 Å². The maximum Gasteiger partial charge on any atom is 0.408 e. The van der Waals surface area contributed by atoms with Gasteiger partial charge in [-0.2, -0.15) is 10.2 Å². The van der Waals surface area contributed by atoms with Crippen molar-refractivity contribution in [1.82, 2.24) is 14.9 Å². The third kappa shape index (κ3) is 4.90. The third-order valence-electron chi connectivity index (χ3n) is 5.58. The van der Waals surface area contributed by atoms with Gasteiger partial charge in [0.15, 0.2) is 0 Å². The first-order valence-corrected chi connectivity index (χ1v) is 10.6. The smallest absolute Gasteiger partial charge is 0.408 e. The highest BCUT2D eigenvalue weighted by molar-refractivity contribution is 5.68. The second-order valence-corrected chi connectivity index (χ2v) is 9.21. The molecule has 2 N–H and O–H groups in total. The Hall–Kier alpha value is -3.41. The second kappa shape index (κ2) is 8.99. The maximum absolute atomic E-state index is 14.2. The van der Waals surface area contributed by atoms with Crippen molar-refractivity contribution in [3.63, 3.8) is 0 Å². The number of amides is 1. The number of hydrogen-bond acceptors (Lipinski definition) is 6. The number of carbonyl (C=O) groups is 1. The molecule has 1 aromatic carbocycles. The lowest BCUT2D eigenvalue weighted by atomic mass is 9.92. The predicted octanol–water partition coefficient (Wildman–Crippen LogP) is 4.19. The van der Waals surface area contributed by atoms with Gasteiger partial charge in [-0.15, -0.1) is 0 Å². The van der Waals surface area contributed by atoms with Crippen molar-refractivity contribution < 1.29 is 14.3 Å². The van der Waals surface area contributed by atoms with E-state index in [2.05, 4.69) is 27.1 Å². The Morgan fingerprint density at radius 1 is 1.31 bits per heavy atom. The Kier molecular flexibility index (Phi) is 6.53. The number of rotatable bonds is 4. The summed E-state index contributed by atoms with van der Waals surface area (Å²) in [6.07, 6.45) is -0.179. The number of piperidine rings is 1. The molecular formula is C23H29FN6O2. The van der Waals surface area contributed by atoms with Gasteiger partial charge >= 0.3 is 6.09 Å². The van der Waals surface area contributed by atoms with E-state index in [0.717, 1.165) is 13.0 Å². The van der Waals surface area contributed by atoms with Crippen molar-refractivity contribution >= 4 is 17.9 Å². The Bertz CT molecular complexity index is 1050. The molecule has 170 valence electrons. The standard InChI is InChI=1S/C23H29FN6O2/c1-14-8-17(30(22(31)32)23(2,3)4)13-29(12-14)20-10-19(27-21(26-5)28-20)15-6-7-16(11-25)18(24)9-15/h6-7,9-10,14,17H,8,12-13H2,1-5H3,(H,31,32)(H,26,27,28)/t14-,17-/m1/s1. The summed E-state index contributed by atoms with van der Waals surface area (Å²) in [7, 11) is 1.70. The molecule has 1 saturated heterocycles. The highest BCUT2D eigenvalue weighted by Gasteiger charge is 2.38. The van der Waals surface area contributed by atoms with Crippen LogP contribution < -0.4 is 10.2 Å². The number of carboxylic acid groups (broad SMARTS) is 1. The number of nitrogens with one attached hydrogen (secondary N) is 1. The molecule has 1 aromatic heterocycles. The summed E-state index contributed by atoms with van der Waals surface area (Å²) in [6, 6.07) is 7.77. The summed E-state index contributed by atoms with van der Waals surface area (Å²) < 4.78 is 14.2. The van der Waals surface area contributed by atoms with E-state index in [0.29, 0.717) is 29.6 Å². The highest BCUT2D eigenvalue weighted by atomic mass is 19.1. The third-order valence-corrected chi connectivity index (χ3v) is 5.58. The van der Waals surface area contributed by atoms with Crippen LogP contribution in [0.15, 0.2) is 24.3 Å². The van der Waals surface area contributed by atoms with E-state index in [1.54, 1.807) is 19.2 Å². The predicted molar refractivity (Wildman–Crippen MR) is 121 cm³/mol. The summed E-state index contributed by atoms with van der Waals surface area (Å²) in [6.45, 7) is 8.99. The fraction of sp³-hybridized carbons (Fsp3) is 0.478. The molecule has 1 fully saturated rings. The summed E-state index contributed by atoms with van der Waals surface area (Å²) in [5, 5.41) is 21.8. The summed E-state index contributed by atoms with van der Waals surface area (Å²) in [4.78, 5) is 24.7. The fourth-order valence-electron chi connectivity index (χ4n) is 4.30. The molecule has 2 atom stereocenters. The Labute approximate surface area is 187 Å². The molecule has 0 aliphatic carbocycles. The Morgan fingerprint density at radius 2 is 2.03 bits per heavy atom. The van der Waals surface area contributed by atoms with E-state index in [1.165, 1.54) is 17.0 Å². The van der Waals surface area contributed by atoms with Gasteiger partial charge in [-0.3, -0.25) is 4.90 Å². The van der Waals surface area contributed by atoms with Gasteiger partial charge in [0.25, 0.3) is 0 Å². The van der Waals surface area contributed by atoms with Gasteiger partial charge in [0.05, 0.1) is 17.3 Å². The van der Waals surface area contributed by atoms with Gasteiger partial charge in [-0.1, -0.05) is 13.0 Å². The topological polar surface area (TPSA) is 105 Å². The number of halogens is 1. The number of nitriles is 1. The molecule has 1 amide bonds. The molecule has 1 aliphatic rings. The van der Waals surface area contributed by atoms with E-state index in [9.17, 15) is 14.3 Å². The molecule has 8 nitrogen and oxygen atoms in total. The Morgan fingerprint density at radius 3 is 2.59 bits per heavy atom. The number of nitrogens with zero attached hydrogens (tertiary/aromatic N) is 5. The number of benzene rings is 1. The quantitative estimate of drug-likeness (QED) is 0.734. The molecule has 0 unspecified atom stereocenters. The van der Waals surface area contributed by atoms with Crippen LogP contribution in [0.5, 0.6) is 0 Å². The van der Waals surface area contributed by atoms with Crippen LogP contribution in [0.2, 0.25) is 0 Å². The molecule has 0 saturated carbocycles. The zero-order valence-electron chi connectivity index (χ0n) is 19.1. The van der Waals surface area contributed by atoms with E-state index in [4.69, 9.17) is 5.26 Å². The Balaban J connectivity index is 1.99. The first-order chi connectivity index (χ1) is 15.0. The highest BCUT2D eigenvalue weighted by Crippen LogP contribution is 2.31. The summed E-state index contributed by atoms with van der Waals surface area (Å²) in [5.74, 6) is 0.662. The maximum atomic E-state index is 14.2. The summed E-state index contributed by atoms with van der Waals surface area (Å²) in [5.41, 5.74) is 0.487. The largest absolute Gasteiger partial charge is 0.465 e. The van der Waals surface area contributed by atoms with Crippen LogP contribution in [-0.4, -0.2) is 57.8 Å². The monoisotopic (exact) mass is 440 g/mol. The first kappa shape index (κ1) is 23.3. The van der Waals surface area contributed by atoms with Crippen molar-refractivity contribution in [2.75, 3.05) is 30.4 Å². The molecule has 0 radical (unpaired) electrons. The van der Waals surface area contributed by atoms with Gasteiger partial charge in [-0.25, -0.2) is 14.2 Å². The normalized spacial score (nSPS) is 18.7. The average Bonchev–Trinajstić information content (AvgIpc) is 2.71. The minimum absolute atomic E-state index is 0.0273. The molecular weight excluding hydrogens is 411 g/mol. The molecule has 32 heavy (non-hydrogen) atoms. The molecule has 2 heterocycles. The fourth-order valence-corrected chi connectivity index (χ4v) is 4.30. The van der Waals surface area contributed by atoms with Gasteiger partial charge in [0.2, 0.25) is 5.95 Å². The number of anilines is 2. The van der Waals surface area contributed by atoms with E-state index >= 15 is 0 Å². The van der Waals surface area contributed by atoms with Crippen LogP contribution in [0.4, 0.5) is 21.0 Å². The number of hydrogen-bond donors (Lipinski definition) is 2. The van der Waals surface area contributed by atoms with Crippen LogP contribution >= 0.6 is 0 Å². The van der Waals surface area contributed by atoms with Crippen molar-refractivity contribution in [3.05, 3.63) is 35.6 Å². The number of aromatic nitrogens is 2. The minimum atomic E-state index is -0.941. The van der Waals surface area contributed by atoms with Gasteiger partial charge in [0, 0.05) is 37.3 Å². The first-order valence-electron chi connectivity index (χ1n) is 10.6. The van der Waals surface area contributed by atoms with Crippen molar-refractivity contribution in [1.29, 1.82) is 5.26 Å². The molecule has 2 aromatic rings. The molecule has 0 bridgehead atoms. The zero-order chi connectivity index (χ0) is 23.6. The lowest BCUT2D eigenvalue weighted by Gasteiger charge is -2.46. The van der Waals surface area contributed by atoms with Crippen LogP contribution in [0.3, 0.4) is 0 Å². The van der Waals surface area contributed by atoms with E-state index < -0.39 is 17.4 Å². The van der Waals surface area contributed by atoms with Crippen molar-refractivity contribution in [2.24, 2.45) is 5.92 Å². The van der Waals surface area contributed by atoms with E-state index in [1.807, 2.05) is 26.8 Å². The lowest BCUT2D eigenvalue weighted by molar-refractivity contribution is 0.0587. The van der Waals surface area contributed by atoms with Gasteiger partial charge < -0.3 is 15.3 Å². The SMILES string of the molecule is CNc1nc(-c2ccc(C#N)c(F)c2)cc(N2C[C@H](C)C[C@@H](N(C(=O)O)C(C)(C)C)C2)n1. The van der Waals surface area contributed by atoms with Gasteiger partial charge in [0.1, 0.15) is 17.7 Å². The zero-order valence-corrected chi connectivity index (χ0v) is 19.1. The van der Waals surface area contributed by atoms with E-state index in [-0.39, 0.29) is 17.5 Å².